The third-order valence-electron chi connectivity index (χ3n) is 2.54. The van der Waals surface area contributed by atoms with Gasteiger partial charge in [-0.25, -0.2) is 0 Å². The highest BCUT2D eigenvalue weighted by molar-refractivity contribution is 7.59. The lowest BCUT2D eigenvalue weighted by molar-refractivity contribution is -0.130. The van der Waals surface area contributed by atoms with E-state index in [0.717, 1.165) is 19.0 Å². The quantitative estimate of drug-likeness (QED) is 0.615. The zero-order chi connectivity index (χ0) is 8.27. The Morgan fingerprint density at radius 3 is 2.75 bits per heavy atom. The van der Waals surface area contributed by atoms with E-state index in [9.17, 15) is 4.79 Å². The molecule has 1 amide bonds. The van der Waals surface area contributed by atoms with Gasteiger partial charge in [-0.3, -0.25) is 4.79 Å². The van der Waals surface area contributed by atoms with E-state index >= 15 is 0 Å². The Morgan fingerprint density at radius 1 is 1.58 bits per heavy atom. The molecule has 2 nitrogen and oxygen atoms in total. The molecule has 1 heterocycles. The molecule has 0 aliphatic carbocycles. The summed E-state index contributed by atoms with van der Waals surface area (Å²) in [5.41, 5.74) is 0. The third-order valence-corrected chi connectivity index (χ3v) is 2.54. The standard InChI is InChI=1S/C9H17NO.H2S/c1-3-9-5-4-6-10(7-9)8(2)11;/h9H,3-7H2,1-2H3;1H2/t9-;/m1./s1. The van der Waals surface area contributed by atoms with Crippen LogP contribution in [-0.2, 0) is 4.79 Å². The second-order valence-electron chi connectivity index (χ2n) is 3.38. The van der Waals surface area contributed by atoms with Crippen molar-refractivity contribution in [1.29, 1.82) is 0 Å². The first-order chi connectivity index (χ1) is 5.24. The predicted molar refractivity (Wildman–Crippen MR) is 55.7 cm³/mol. The second-order valence-corrected chi connectivity index (χ2v) is 3.38. The maximum atomic E-state index is 11.0. The lowest BCUT2D eigenvalue weighted by atomic mass is 9.96. The van der Waals surface area contributed by atoms with E-state index in [-0.39, 0.29) is 19.4 Å². The van der Waals surface area contributed by atoms with Gasteiger partial charge < -0.3 is 4.90 Å². The maximum Gasteiger partial charge on any atom is 0.219 e. The fraction of sp³-hybridized carbons (Fsp3) is 0.889. The largest absolute Gasteiger partial charge is 0.343 e. The van der Waals surface area contributed by atoms with Crippen molar-refractivity contribution >= 4 is 19.4 Å². The topological polar surface area (TPSA) is 20.3 Å². The van der Waals surface area contributed by atoms with Crippen LogP contribution in [0.3, 0.4) is 0 Å². The number of hydrogen-bond donors (Lipinski definition) is 0. The average molecular weight is 189 g/mol. The van der Waals surface area contributed by atoms with Gasteiger partial charge in [0.25, 0.3) is 0 Å². The summed E-state index contributed by atoms with van der Waals surface area (Å²) < 4.78 is 0. The number of amides is 1. The molecule has 1 rings (SSSR count). The minimum Gasteiger partial charge on any atom is -0.343 e. The monoisotopic (exact) mass is 189 g/mol. The zero-order valence-electron chi connectivity index (χ0n) is 7.97. The van der Waals surface area contributed by atoms with Crippen LogP contribution in [0.2, 0.25) is 0 Å². The molecule has 0 radical (unpaired) electrons. The Kier molecular flexibility index (Phi) is 5.38. The van der Waals surface area contributed by atoms with E-state index in [1.807, 2.05) is 4.90 Å². The van der Waals surface area contributed by atoms with Gasteiger partial charge in [0.1, 0.15) is 0 Å². The molecule has 0 saturated carbocycles. The highest BCUT2D eigenvalue weighted by Crippen LogP contribution is 2.18. The Balaban J connectivity index is 0.00000121. The van der Waals surface area contributed by atoms with Crippen molar-refractivity contribution in [2.24, 2.45) is 5.92 Å². The molecule has 1 aliphatic rings. The summed E-state index contributed by atoms with van der Waals surface area (Å²) in [6.07, 6.45) is 3.71. The van der Waals surface area contributed by atoms with E-state index in [1.54, 1.807) is 6.92 Å². The molecular formula is C9H19NOS. The van der Waals surface area contributed by atoms with Gasteiger partial charge >= 0.3 is 0 Å². The van der Waals surface area contributed by atoms with Crippen molar-refractivity contribution in [3.63, 3.8) is 0 Å². The molecule has 1 aliphatic heterocycles. The van der Waals surface area contributed by atoms with Crippen molar-refractivity contribution in [1.82, 2.24) is 4.90 Å². The Bertz CT molecular complexity index is 149. The molecule has 12 heavy (non-hydrogen) atoms. The number of hydrogen-bond acceptors (Lipinski definition) is 1. The minimum atomic E-state index is 0. The molecule has 1 fully saturated rings. The Hall–Kier alpha value is -0.180. The van der Waals surface area contributed by atoms with Crippen molar-refractivity contribution in [2.75, 3.05) is 13.1 Å². The van der Waals surface area contributed by atoms with E-state index in [0.29, 0.717) is 0 Å². The van der Waals surface area contributed by atoms with Crippen LogP contribution in [-0.4, -0.2) is 23.9 Å². The van der Waals surface area contributed by atoms with Gasteiger partial charge in [0.05, 0.1) is 0 Å². The van der Waals surface area contributed by atoms with Gasteiger partial charge in [-0.05, 0) is 18.8 Å². The van der Waals surface area contributed by atoms with Crippen LogP contribution in [0.5, 0.6) is 0 Å². The van der Waals surface area contributed by atoms with E-state index in [4.69, 9.17) is 0 Å². The first-order valence-corrected chi connectivity index (χ1v) is 4.49. The minimum absolute atomic E-state index is 0. The molecule has 1 saturated heterocycles. The molecule has 0 spiro atoms. The fourth-order valence-electron chi connectivity index (χ4n) is 1.68. The molecule has 0 aromatic rings. The van der Waals surface area contributed by atoms with Crippen LogP contribution in [0.25, 0.3) is 0 Å². The molecule has 1 atom stereocenters. The first-order valence-electron chi connectivity index (χ1n) is 4.49. The maximum absolute atomic E-state index is 11.0. The summed E-state index contributed by atoms with van der Waals surface area (Å²) in [7, 11) is 0. The molecule has 0 aromatic carbocycles. The third kappa shape index (κ3) is 3.05. The van der Waals surface area contributed by atoms with E-state index in [2.05, 4.69) is 6.92 Å². The van der Waals surface area contributed by atoms with Gasteiger partial charge in [0.2, 0.25) is 5.91 Å². The molecule has 0 aromatic heterocycles. The normalized spacial score (nSPS) is 23.2. The summed E-state index contributed by atoms with van der Waals surface area (Å²) in [5.74, 6) is 0.996. The Morgan fingerprint density at radius 2 is 2.25 bits per heavy atom. The van der Waals surface area contributed by atoms with Gasteiger partial charge in [-0.1, -0.05) is 13.3 Å². The van der Waals surface area contributed by atoms with Crippen molar-refractivity contribution in [2.45, 2.75) is 33.1 Å². The highest BCUT2D eigenvalue weighted by Gasteiger charge is 2.19. The molecule has 0 unspecified atom stereocenters. The van der Waals surface area contributed by atoms with Crippen LogP contribution < -0.4 is 0 Å². The van der Waals surface area contributed by atoms with E-state index in [1.165, 1.54) is 19.3 Å². The predicted octanol–water partition coefficient (Wildman–Crippen LogP) is 1.77. The number of rotatable bonds is 1. The van der Waals surface area contributed by atoms with Gasteiger partial charge in [-0.2, -0.15) is 13.5 Å². The first kappa shape index (κ1) is 11.8. The fourth-order valence-corrected chi connectivity index (χ4v) is 1.68. The van der Waals surface area contributed by atoms with Gasteiger partial charge in [0.15, 0.2) is 0 Å². The van der Waals surface area contributed by atoms with Crippen LogP contribution in [0, 0.1) is 5.92 Å². The molecular weight excluding hydrogens is 170 g/mol. The number of carbonyl (C=O) groups is 1. The Labute approximate surface area is 81.8 Å². The lowest BCUT2D eigenvalue weighted by Crippen LogP contribution is -2.38. The van der Waals surface area contributed by atoms with Crippen molar-refractivity contribution < 1.29 is 4.79 Å². The van der Waals surface area contributed by atoms with Gasteiger partial charge in [-0.15, -0.1) is 0 Å². The molecule has 0 bridgehead atoms. The smallest absolute Gasteiger partial charge is 0.219 e. The van der Waals surface area contributed by atoms with Crippen LogP contribution >= 0.6 is 13.5 Å². The summed E-state index contributed by atoms with van der Waals surface area (Å²) >= 11 is 0. The van der Waals surface area contributed by atoms with Crippen LogP contribution in [0.4, 0.5) is 0 Å². The lowest BCUT2D eigenvalue weighted by Gasteiger charge is -2.31. The highest BCUT2D eigenvalue weighted by atomic mass is 32.1. The number of likely N-dealkylation sites (tertiary alicyclic amines) is 1. The van der Waals surface area contributed by atoms with Crippen LogP contribution in [0.15, 0.2) is 0 Å². The molecule has 3 heteroatoms. The second kappa shape index (κ2) is 5.46. The molecule has 0 N–H and O–H groups in total. The average Bonchev–Trinajstić information content (AvgIpc) is 2.05. The summed E-state index contributed by atoms with van der Waals surface area (Å²) in [5, 5.41) is 0. The van der Waals surface area contributed by atoms with Crippen molar-refractivity contribution in [3.8, 4) is 0 Å². The number of nitrogens with zero attached hydrogens (tertiary/aromatic N) is 1. The summed E-state index contributed by atoms with van der Waals surface area (Å²) in [4.78, 5) is 13.0. The summed E-state index contributed by atoms with van der Waals surface area (Å²) in [6.45, 7) is 5.84. The van der Waals surface area contributed by atoms with Crippen LogP contribution in [0.1, 0.15) is 33.1 Å². The SMILES string of the molecule is CC[C@@H]1CCCN(C(C)=O)C1.S. The van der Waals surface area contributed by atoms with Crippen molar-refractivity contribution in [3.05, 3.63) is 0 Å². The van der Waals surface area contributed by atoms with Gasteiger partial charge in [0, 0.05) is 20.0 Å². The summed E-state index contributed by atoms with van der Waals surface area (Å²) in [6, 6.07) is 0. The van der Waals surface area contributed by atoms with E-state index < -0.39 is 0 Å². The zero-order valence-corrected chi connectivity index (χ0v) is 8.97. The number of piperidine rings is 1. The number of carbonyl (C=O) groups excluding carboxylic acids is 1. The molecule has 72 valence electrons.